The summed E-state index contributed by atoms with van der Waals surface area (Å²) in [6, 6.07) is 11.5. The Morgan fingerprint density at radius 2 is 1.91 bits per heavy atom. The van der Waals surface area contributed by atoms with Crippen molar-refractivity contribution in [3.05, 3.63) is 59.2 Å². The number of benzene rings is 2. The molecule has 174 valence electrons. The Bertz CT molecular complexity index is 1110. The van der Waals surface area contributed by atoms with E-state index < -0.39 is 17.7 Å². The lowest BCUT2D eigenvalue weighted by Gasteiger charge is -2.27. The van der Waals surface area contributed by atoms with Crippen molar-refractivity contribution in [3.63, 3.8) is 0 Å². The fourth-order valence-electron chi connectivity index (χ4n) is 3.99. The fourth-order valence-corrected chi connectivity index (χ4v) is 3.99. The first-order valence-electron chi connectivity index (χ1n) is 10.9. The number of fused-ring (bicyclic) bond motifs is 1. The molecule has 2 heterocycles. The number of likely N-dealkylation sites (N-methyl/N-ethyl adjacent to an activating group) is 1. The van der Waals surface area contributed by atoms with E-state index in [2.05, 4.69) is 0 Å². The number of aliphatic hydroxyl groups is 1. The minimum atomic E-state index is -0.744. The van der Waals surface area contributed by atoms with Crippen molar-refractivity contribution in [3.8, 4) is 17.2 Å². The predicted molar refractivity (Wildman–Crippen MR) is 122 cm³/mol. The molecule has 8 heteroatoms. The molecule has 0 saturated carbocycles. The number of aliphatic hydroxyl groups excluding tert-OH is 1. The van der Waals surface area contributed by atoms with Gasteiger partial charge in [0.25, 0.3) is 11.7 Å². The molecule has 0 aromatic heterocycles. The van der Waals surface area contributed by atoms with Gasteiger partial charge in [0, 0.05) is 18.7 Å². The van der Waals surface area contributed by atoms with Gasteiger partial charge in [-0.2, -0.15) is 0 Å². The summed E-state index contributed by atoms with van der Waals surface area (Å²) in [5.74, 6) is 0.0595. The highest BCUT2D eigenvalue weighted by Crippen LogP contribution is 2.42. The first-order chi connectivity index (χ1) is 15.8. The average molecular weight is 453 g/mol. The minimum absolute atomic E-state index is 0.0333. The number of hydrogen-bond donors (Lipinski definition) is 1. The van der Waals surface area contributed by atoms with E-state index in [0.29, 0.717) is 41.5 Å². The Morgan fingerprint density at radius 3 is 2.64 bits per heavy atom. The van der Waals surface area contributed by atoms with Crippen LogP contribution in [0.1, 0.15) is 31.0 Å². The van der Waals surface area contributed by atoms with Crippen LogP contribution in [-0.4, -0.2) is 66.7 Å². The van der Waals surface area contributed by atoms with E-state index in [4.69, 9.17) is 14.2 Å². The molecule has 1 amide bonds. The number of carbonyl (C=O) groups excluding carboxylic acids is 2. The van der Waals surface area contributed by atoms with Crippen LogP contribution in [0, 0.1) is 0 Å². The van der Waals surface area contributed by atoms with Crippen molar-refractivity contribution in [1.29, 1.82) is 0 Å². The Hall–Kier alpha value is -3.52. The first kappa shape index (κ1) is 22.7. The summed E-state index contributed by atoms with van der Waals surface area (Å²) in [5.41, 5.74) is 1.11. The molecule has 33 heavy (non-hydrogen) atoms. The van der Waals surface area contributed by atoms with Crippen LogP contribution in [0.25, 0.3) is 5.76 Å². The van der Waals surface area contributed by atoms with Gasteiger partial charge in [-0.25, -0.2) is 0 Å². The molecule has 0 aliphatic carbocycles. The lowest BCUT2D eigenvalue weighted by molar-refractivity contribution is -0.140. The maximum absolute atomic E-state index is 13.1. The number of ether oxygens (including phenoxy) is 3. The van der Waals surface area contributed by atoms with Crippen molar-refractivity contribution in [2.45, 2.75) is 26.0 Å². The van der Waals surface area contributed by atoms with Crippen LogP contribution in [0.2, 0.25) is 0 Å². The van der Waals surface area contributed by atoms with Gasteiger partial charge in [-0.05, 0) is 63.8 Å². The van der Waals surface area contributed by atoms with Crippen LogP contribution in [0.15, 0.2) is 48.0 Å². The van der Waals surface area contributed by atoms with E-state index >= 15 is 0 Å². The van der Waals surface area contributed by atoms with Crippen LogP contribution in [0.4, 0.5) is 0 Å². The molecular formula is C25H28N2O6. The Labute approximate surface area is 193 Å². The lowest BCUT2D eigenvalue weighted by Crippen LogP contribution is -2.35. The van der Waals surface area contributed by atoms with Crippen molar-refractivity contribution < 1.29 is 28.9 Å². The van der Waals surface area contributed by atoms with Gasteiger partial charge in [-0.15, -0.1) is 0 Å². The van der Waals surface area contributed by atoms with Crippen molar-refractivity contribution in [1.82, 2.24) is 9.80 Å². The van der Waals surface area contributed by atoms with Crippen molar-refractivity contribution in [2.24, 2.45) is 0 Å². The average Bonchev–Trinajstić information content (AvgIpc) is 3.34. The van der Waals surface area contributed by atoms with Crippen LogP contribution < -0.4 is 14.2 Å². The zero-order chi connectivity index (χ0) is 23.7. The molecule has 2 aromatic carbocycles. The predicted octanol–water partition coefficient (Wildman–Crippen LogP) is 3.19. The monoisotopic (exact) mass is 452 g/mol. The second kappa shape index (κ2) is 9.15. The van der Waals surface area contributed by atoms with Gasteiger partial charge in [-0.1, -0.05) is 12.1 Å². The number of Topliss-reactive ketones (excluding diaryl/α,β-unsaturated/α-hetero) is 1. The third-order valence-corrected chi connectivity index (χ3v) is 5.52. The molecule has 1 unspecified atom stereocenters. The first-order valence-corrected chi connectivity index (χ1v) is 10.9. The van der Waals surface area contributed by atoms with Gasteiger partial charge in [0.2, 0.25) is 6.79 Å². The summed E-state index contributed by atoms with van der Waals surface area (Å²) in [4.78, 5) is 29.6. The molecule has 1 fully saturated rings. The lowest BCUT2D eigenvalue weighted by atomic mass is 9.95. The second-order valence-corrected chi connectivity index (χ2v) is 8.60. The summed E-state index contributed by atoms with van der Waals surface area (Å²) in [6.45, 7) is 4.84. The Morgan fingerprint density at radius 1 is 1.15 bits per heavy atom. The van der Waals surface area contributed by atoms with Gasteiger partial charge in [0.05, 0.1) is 17.7 Å². The van der Waals surface area contributed by atoms with Gasteiger partial charge in [-0.3, -0.25) is 9.59 Å². The number of carbonyl (C=O) groups is 2. The molecule has 0 spiro atoms. The molecule has 1 N–H and O–H groups in total. The highest BCUT2D eigenvalue weighted by molar-refractivity contribution is 6.46. The van der Waals surface area contributed by atoms with Crippen LogP contribution in [0.5, 0.6) is 17.2 Å². The minimum Gasteiger partial charge on any atom is -0.507 e. The van der Waals surface area contributed by atoms with Gasteiger partial charge >= 0.3 is 0 Å². The number of rotatable bonds is 7. The van der Waals surface area contributed by atoms with E-state index in [1.54, 1.807) is 18.2 Å². The molecule has 2 aliphatic rings. The quantitative estimate of drug-likeness (QED) is 0.392. The third-order valence-electron chi connectivity index (χ3n) is 5.52. The van der Waals surface area contributed by atoms with Gasteiger partial charge in [0.15, 0.2) is 11.5 Å². The molecule has 1 saturated heterocycles. The molecule has 8 nitrogen and oxygen atoms in total. The molecule has 1 atom stereocenters. The molecular weight excluding hydrogens is 424 g/mol. The fraction of sp³-hybridized carbons (Fsp3) is 0.360. The summed E-state index contributed by atoms with van der Waals surface area (Å²) in [5, 5.41) is 11.2. The van der Waals surface area contributed by atoms with Gasteiger partial charge in [0.1, 0.15) is 11.5 Å². The summed E-state index contributed by atoms with van der Waals surface area (Å²) < 4.78 is 16.6. The molecule has 4 rings (SSSR count). The van der Waals surface area contributed by atoms with Crippen LogP contribution in [-0.2, 0) is 9.59 Å². The third kappa shape index (κ3) is 4.52. The Balaban J connectivity index is 1.82. The second-order valence-electron chi connectivity index (χ2n) is 8.60. The molecule has 2 aromatic rings. The highest BCUT2D eigenvalue weighted by Gasteiger charge is 2.46. The van der Waals surface area contributed by atoms with Crippen LogP contribution >= 0.6 is 0 Å². The van der Waals surface area contributed by atoms with E-state index in [9.17, 15) is 14.7 Å². The molecule has 0 radical (unpaired) electrons. The highest BCUT2D eigenvalue weighted by atomic mass is 16.7. The maximum Gasteiger partial charge on any atom is 0.295 e. The number of hydrogen-bond acceptors (Lipinski definition) is 7. The van der Waals surface area contributed by atoms with Crippen molar-refractivity contribution in [2.75, 3.05) is 34.0 Å². The Kier molecular flexibility index (Phi) is 6.29. The standard InChI is InChI=1S/C25H28N2O6/c1-15(2)33-18-7-5-6-16(12-18)22-21(24(29)25(30)27(22)11-10-26(3)4)23(28)17-8-9-19-20(13-17)32-14-31-19/h5-9,12-13,15,22,28H,10-11,14H2,1-4H3/b23-21-. The summed E-state index contributed by atoms with van der Waals surface area (Å²) in [7, 11) is 3.80. The van der Waals surface area contributed by atoms with E-state index in [0.717, 1.165) is 0 Å². The molecule has 2 aliphatic heterocycles. The van der Waals surface area contributed by atoms with E-state index in [-0.39, 0.29) is 24.2 Å². The summed E-state index contributed by atoms with van der Waals surface area (Å²) >= 11 is 0. The SMILES string of the molecule is CC(C)Oc1cccc(C2/C(=C(/O)c3ccc4c(c3)OCO4)C(=O)C(=O)N2CCN(C)C)c1. The van der Waals surface area contributed by atoms with Gasteiger partial charge < -0.3 is 29.1 Å². The summed E-state index contributed by atoms with van der Waals surface area (Å²) in [6.07, 6.45) is -0.0333. The zero-order valence-electron chi connectivity index (χ0n) is 19.2. The van der Waals surface area contributed by atoms with E-state index in [1.165, 1.54) is 4.90 Å². The number of nitrogens with zero attached hydrogens (tertiary/aromatic N) is 2. The largest absolute Gasteiger partial charge is 0.507 e. The van der Waals surface area contributed by atoms with Crippen molar-refractivity contribution >= 4 is 17.4 Å². The number of ketones is 1. The van der Waals surface area contributed by atoms with Crippen LogP contribution in [0.3, 0.4) is 0 Å². The van der Waals surface area contributed by atoms with E-state index in [1.807, 2.05) is 57.1 Å². The topological polar surface area (TPSA) is 88.5 Å². The normalized spacial score (nSPS) is 19.1. The number of amides is 1. The number of likely N-dealkylation sites (tertiary alicyclic amines) is 1. The smallest absolute Gasteiger partial charge is 0.295 e. The molecule has 0 bridgehead atoms. The maximum atomic E-state index is 13.1. The zero-order valence-corrected chi connectivity index (χ0v) is 19.2.